The summed E-state index contributed by atoms with van der Waals surface area (Å²) in [6.07, 6.45) is 12.9. The summed E-state index contributed by atoms with van der Waals surface area (Å²) >= 11 is 0. The van der Waals surface area contributed by atoms with E-state index >= 15 is 0 Å². The summed E-state index contributed by atoms with van der Waals surface area (Å²) in [4.78, 5) is 0. The fourth-order valence-corrected chi connectivity index (χ4v) is 6.83. The van der Waals surface area contributed by atoms with Crippen molar-refractivity contribution in [2.45, 2.75) is 50.6 Å². The van der Waals surface area contributed by atoms with Crippen molar-refractivity contribution in [2.75, 3.05) is 18.9 Å². The largest absolute Gasteiger partial charge is 0.396 e. The van der Waals surface area contributed by atoms with Crippen LogP contribution in [0.3, 0.4) is 0 Å². The molecule has 0 amide bonds. The third-order valence-corrected chi connectivity index (χ3v) is 7.32. The molecular weight excluding hydrogens is 191 g/mol. The van der Waals surface area contributed by atoms with Gasteiger partial charge in [0, 0.05) is 6.61 Å². The first-order valence-corrected chi connectivity index (χ1v) is 8.05. The lowest BCUT2D eigenvalue weighted by atomic mass is 9.93. The highest BCUT2D eigenvalue weighted by Crippen LogP contribution is 2.58. The molecular formula is C12H23OP. The van der Waals surface area contributed by atoms with Crippen LogP contribution in [0.2, 0.25) is 0 Å². The van der Waals surface area contributed by atoms with Gasteiger partial charge in [0.1, 0.15) is 0 Å². The summed E-state index contributed by atoms with van der Waals surface area (Å²) in [6.45, 7) is 0.398. The van der Waals surface area contributed by atoms with Crippen LogP contribution < -0.4 is 0 Å². The first-order valence-electron chi connectivity index (χ1n) is 6.26. The van der Waals surface area contributed by atoms with Crippen LogP contribution in [0.1, 0.15) is 44.9 Å². The third kappa shape index (κ3) is 2.49. The van der Waals surface area contributed by atoms with Gasteiger partial charge in [-0.25, -0.2) is 0 Å². The molecule has 0 aromatic heterocycles. The lowest BCUT2D eigenvalue weighted by Gasteiger charge is -2.22. The van der Waals surface area contributed by atoms with Crippen molar-refractivity contribution in [2.24, 2.45) is 5.92 Å². The van der Waals surface area contributed by atoms with Crippen molar-refractivity contribution in [3.63, 3.8) is 0 Å². The number of fused-ring (bicyclic) bond motifs is 2. The molecule has 0 saturated carbocycles. The summed E-state index contributed by atoms with van der Waals surface area (Å²) in [5.74, 6) is 1.09. The molecule has 82 valence electrons. The van der Waals surface area contributed by atoms with E-state index < -0.39 is 0 Å². The summed E-state index contributed by atoms with van der Waals surface area (Å²) < 4.78 is 0. The third-order valence-electron chi connectivity index (χ3n) is 3.98. The van der Waals surface area contributed by atoms with E-state index in [1.54, 1.807) is 12.3 Å². The minimum atomic E-state index is 0.398. The van der Waals surface area contributed by atoms with Gasteiger partial charge >= 0.3 is 0 Å². The molecule has 0 aromatic carbocycles. The second kappa shape index (κ2) is 5.47. The molecule has 0 aliphatic carbocycles. The van der Waals surface area contributed by atoms with Gasteiger partial charge in [0.25, 0.3) is 0 Å². The topological polar surface area (TPSA) is 20.2 Å². The van der Waals surface area contributed by atoms with Crippen LogP contribution >= 0.6 is 7.92 Å². The minimum Gasteiger partial charge on any atom is -0.396 e. The maximum Gasteiger partial charge on any atom is 0.0431 e. The molecule has 2 heterocycles. The number of unbranched alkanes of at least 4 members (excludes halogenated alkanes) is 1. The lowest BCUT2D eigenvalue weighted by Crippen LogP contribution is -2.11. The molecule has 0 spiro atoms. The van der Waals surface area contributed by atoms with Gasteiger partial charge in [0.2, 0.25) is 0 Å². The van der Waals surface area contributed by atoms with Crippen LogP contribution in [0, 0.1) is 5.92 Å². The number of hydrogen-bond acceptors (Lipinski definition) is 1. The number of hydrogen-bond donors (Lipinski definition) is 1. The van der Waals surface area contributed by atoms with E-state index in [1.165, 1.54) is 38.5 Å². The first kappa shape index (κ1) is 10.9. The summed E-state index contributed by atoms with van der Waals surface area (Å²) in [7, 11) is 0.416. The van der Waals surface area contributed by atoms with Gasteiger partial charge in [-0.15, -0.1) is 7.92 Å². The van der Waals surface area contributed by atoms with E-state index in [0.29, 0.717) is 14.5 Å². The molecule has 1 N–H and O–H groups in total. The van der Waals surface area contributed by atoms with Crippen LogP contribution in [0.15, 0.2) is 0 Å². The molecule has 2 heteroatoms. The molecule has 2 aliphatic rings. The summed E-state index contributed by atoms with van der Waals surface area (Å²) in [5, 5.41) is 8.80. The molecule has 0 radical (unpaired) electrons. The normalized spacial score (nSPS) is 37.1. The van der Waals surface area contributed by atoms with Gasteiger partial charge in [-0.05, 0) is 56.0 Å². The van der Waals surface area contributed by atoms with E-state index in [1.807, 2.05) is 0 Å². The van der Waals surface area contributed by atoms with Gasteiger partial charge in [-0.2, -0.15) is 0 Å². The van der Waals surface area contributed by atoms with Crippen molar-refractivity contribution in [3.05, 3.63) is 0 Å². The second-order valence-corrected chi connectivity index (χ2v) is 7.60. The Morgan fingerprint density at radius 1 is 1.07 bits per heavy atom. The molecule has 2 bridgehead atoms. The minimum absolute atomic E-state index is 0.398. The van der Waals surface area contributed by atoms with E-state index in [4.69, 9.17) is 5.11 Å². The van der Waals surface area contributed by atoms with Gasteiger partial charge < -0.3 is 5.11 Å². The highest BCUT2D eigenvalue weighted by molar-refractivity contribution is 7.58. The summed E-state index contributed by atoms with van der Waals surface area (Å²) in [5.41, 5.74) is 1.10. The Hall–Kier alpha value is 0.390. The van der Waals surface area contributed by atoms with E-state index in [-0.39, 0.29) is 0 Å². The molecule has 0 aromatic rings. The smallest absolute Gasteiger partial charge is 0.0431 e. The highest BCUT2D eigenvalue weighted by Gasteiger charge is 2.35. The van der Waals surface area contributed by atoms with Crippen LogP contribution in [0.5, 0.6) is 0 Å². The zero-order valence-electron chi connectivity index (χ0n) is 9.12. The van der Waals surface area contributed by atoms with Crippen LogP contribution in [0.4, 0.5) is 0 Å². The Morgan fingerprint density at radius 3 is 2.86 bits per heavy atom. The predicted molar refractivity (Wildman–Crippen MR) is 63.3 cm³/mol. The Labute approximate surface area is 89.0 Å². The Bertz CT molecular complexity index is 158. The molecule has 3 atom stereocenters. The van der Waals surface area contributed by atoms with Crippen LogP contribution in [-0.4, -0.2) is 29.7 Å². The number of rotatable bonds is 4. The fraction of sp³-hybridized carbons (Fsp3) is 1.00. The zero-order chi connectivity index (χ0) is 9.80. The molecule has 14 heavy (non-hydrogen) atoms. The van der Waals surface area contributed by atoms with Gasteiger partial charge in [0.15, 0.2) is 0 Å². The number of aliphatic hydroxyl groups excluding tert-OH is 1. The molecule has 2 saturated heterocycles. The van der Waals surface area contributed by atoms with E-state index in [0.717, 1.165) is 18.0 Å². The first-order chi connectivity index (χ1) is 6.92. The summed E-state index contributed by atoms with van der Waals surface area (Å²) in [6, 6.07) is 0. The van der Waals surface area contributed by atoms with Crippen molar-refractivity contribution >= 4 is 7.92 Å². The van der Waals surface area contributed by atoms with E-state index in [9.17, 15) is 0 Å². The Balaban J connectivity index is 1.83. The van der Waals surface area contributed by atoms with Gasteiger partial charge in [-0.3, -0.25) is 0 Å². The van der Waals surface area contributed by atoms with E-state index in [2.05, 4.69) is 0 Å². The quantitative estimate of drug-likeness (QED) is 0.563. The molecule has 3 unspecified atom stereocenters. The second-order valence-electron chi connectivity index (χ2n) is 4.87. The van der Waals surface area contributed by atoms with Crippen molar-refractivity contribution in [3.8, 4) is 0 Å². The SMILES string of the molecule is OCCCCC1C2CCCCP1CC2. The van der Waals surface area contributed by atoms with Gasteiger partial charge in [0.05, 0.1) is 0 Å². The van der Waals surface area contributed by atoms with Crippen molar-refractivity contribution < 1.29 is 5.11 Å². The standard InChI is InChI=1S/C12H23OP/c13-8-3-1-6-12-11-5-2-4-9-14(12)10-7-11/h11-13H,1-10H2. The molecule has 2 fully saturated rings. The maximum atomic E-state index is 8.80. The Kier molecular flexibility index (Phi) is 4.25. The molecule has 2 aliphatic heterocycles. The fourth-order valence-electron chi connectivity index (χ4n) is 3.21. The van der Waals surface area contributed by atoms with Gasteiger partial charge in [-0.1, -0.05) is 12.8 Å². The highest BCUT2D eigenvalue weighted by atomic mass is 31.1. The van der Waals surface area contributed by atoms with Crippen molar-refractivity contribution in [1.29, 1.82) is 0 Å². The van der Waals surface area contributed by atoms with Crippen molar-refractivity contribution in [1.82, 2.24) is 0 Å². The zero-order valence-corrected chi connectivity index (χ0v) is 10.0. The monoisotopic (exact) mass is 214 g/mol. The maximum absolute atomic E-state index is 8.80. The van der Waals surface area contributed by atoms with Crippen LogP contribution in [0.25, 0.3) is 0 Å². The average molecular weight is 214 g/mol. The van der Waals surface area contributed by atoms with Crippen LogP contribution in [-0.2, 0) is 0 Å². The Morgan fingerprint density at radius 2 is 2.00 bits per heavy atom. The lowest BCUT2D eigenvalue weighted by molar-refractivity contribution is 0.280. The predicted octanol–water partition coefficient (Wildman–Crippen LogP) is 3.20. The molecule has 1 nitrogen and oxygen atoms in total. The number of aliphatic hydroxyl groups is 1. The molecule has 2 rings (SSSR count). The average Bonchev–Trinajstić information content (AvgIpc) is 2.41.